The number of aromatic nitrogens is 5. The van der Waals surface area contributed by atoms with E-state index in [0.717, 1.165) is 56.1 Å². The largest absolute Gasteiger partial charge is 0.478 e. The Bertz CT molecular complexity index is 1540. The standard InChI is InChI=1S/C27H44F3N3.C8H5N3O2S2/c1-2-3-4-5-6-10-13-16-22-32-33-23-24(26-25(33)19-17-21-31-26)18-14-11-8-7-9-12-15-20-27(28,29)30;12-8(13)4-3-10-5(11-6(4)14)7-9-1-2-15-7/h17,19,21,23,32H,2-16,18,20,22H2,1H3;1-3H,(H,12,13)(H,10,11,14). The summed E-state index contributed by atoms with van der Waals surface area (Å²) in [5, 5.41) is 11.2. The monoisotopic (exact) mass is 706 g/mol. The lowest BCUT2D eigenvalue weighted by Crippen LogP contribution is -2.14. The first-order chi connectivity index (χ1) is 23.2. The Hall–Kier alpha value is -3.32. The Labute approximate surface area is 290 Å². The van der Waals surface area contributed by atoms with Gasteiger partial charge in [0.1, 0.15) is 10.2 Å². The van der Waals surface area contributed by atoms with E-state index in [0.29, 0.717) is 17.3 Å². The van der Waals surface area contributed by atoms with E-state index in [4.69, 9.17) is 17.3 Å². The molecule has 0 aromatic carbocycles. The molecule has 4 heterocycles. The minimum Gasteiger partial charge on any atom is -0.478 e. The number of carbonyl (C=O) groups is 1. The van der Waals surface area contributed by atoms with Gasteiger partial charge in [-0.2, -0.15) is 13.2 Å². The SMILES string of the molecule is CCCCCCCCCCNn1cc(CCCCCCCCCC(F)(F)F)c2ncccc21.O=C(O)c1cnc(-c2nccs2)[nH]c1=S. The zero-order valence-electron chi connectivity index (χ0n) is 27.9. The lowest BCUT2D eigenvalue weighted by molar-refractivity contribution is -0.135. The van der Waals surface area contributed by atoms with E-state index in [1.807, 2.05) is 12.3 Å². The first-order valence-electron chi connectivity index (χ1n) is 17.2. The van der Waals surface area contributed by atoms with Crippen molar-refractivity contribution < 1.29 is 23.1 Å². The second-order valence-electron chi connectivity index (χ2n) is 12.0. The molecule has 0 spiro atoms. The molecule has 264 valence electrons. The quantitative estimate of drug-likeness (QED) is 0.0584. The number of rotatable bonds is 21. The molecule has 48 heavy (non-hydrogen) atoms. The Morgan fingerprint density at radius 3 is 2.23 bits per heavy atom. The van der Waals surface area contributed by atoms with Gasteiger partial charge in [-0.1, -0.05) is 96.2 Å². The molecule has 0 unspecified atom stereocenters. The highest BCUT2D eigenvalue weighted by atomic mass is 32.1. The summed E-state index contributed by atoms with van der Waals surface area (Å²) in [6.07, 6.45) is 20.0. The molecule has 0 aliphatic heterocycles. The summed E-state index contributed by atoms with van der Waals surface area (Å²) in [6.45, 7) is 3.23. The van der Waals surface area contributed by atoms with Crippen LogP contribution in [-0.2, 0) is 6.42 Å². The van der Waals surface area contributed by atoms with E-state index in [1.54, 1.807) is 11.6 Å². The van der Waals surface area contributed by atoms with Crippen LogP contribution in [0.3, 0.4) is 0 Å². The molecule has 8 nitrogen and oxygen atoms in total. The molecule has 4 aromatic rings. The van der Waals surface area contributed by atoms with Crippen LogP contribution in [0.4, 0.5) is 13.2 Å². The van der Waals surface area contributed by atoms with Crippen LogP contribution in [0, 0.1) is 4.64 Å². The minimum absolute atomic E-state index is 0.00898. The third-order valence-electron chi connectivity index (χ3n) is 8.02. The van der Waals surface area contributed by atoms with Gasteiger partial charge >= 0.3 is 12.1 Å². The van der Waals surface area contributed by atoms with Crippen LogP contribution in [0.15, 0.2) is 42.3 Å². The van der Waals surface area contributed by atoms with E-state index in [1.165, 1.54) is 74.5 Å². The van der Waals surface area contributed by atoms with Gasteiger partial charge in [0.2, 0.25) is 0 Å². The fourth-order valence-corrected chi connectivity index (χ4v) is 6.24. The van der Waals surface area contributed by atoms with Gasteiger partial charge in [0, 0.05) is 43.1 Å². The minimum atomic E-state index is -4.00. The molecule has 4 rings (SSSR count). The average Bonchev–Trinajstić information content (AvgIpc) is 3.72. The first-order valence-corrected chi connectivity index (χ1v) is 18.5. The van der Waals surface area contributed by atoms with Crippen LogP contribution < -0.4 is 5.43 Å². The number of H-pyrrole nitrogens is 1. The third kappa shape index (κ3) is 14.4. The summed E-state index contributed by atoms with van der Waals surface area (Å²) >= 11 is 6.29. The molecule has 4 aromatic heterocycles. The van der Waals surface area contributed by atoms with Gasteiger partial charge in [0.05, 0.1) is 11.0 Å². The number of thiazole rings is 1. The Kier molecular flexibility index (Phi) is 17.6. The van der Waals surface area contributed by atoms with Crippen molar-refractivity contribution in [2.24, 2.45) is 0 Å². The summed E-state index contributed by atoms with van der Waals surface area (Å²) in [7, 11) is 0. The van der Waals surface area contributed by atoms with Crippen molar-refractivity contribution in [1.29, 1.82) is 0 Å². The fraction of sp³-hybridized carbons (Fsp3) is 0.571. The number of nitrogens with zero attached hydrogens (tertiary/aromatic N) is 4. The van der Waals surface area contributed by atoms with Crippen molar-refractivity contribution in [2.75, 3.05) is 12.0 Å². The van der Waals surface area contributed by atoms with Crippen molar-refractivity contribution in [3.8, 4) is 10.8 Å². The smallest absolute Gasteiger partial charge is 0.389 e. The number of carboxylic acids is 1. The number of hydrogen-bond acceptors (Lipinski definition) is 7. The predicted octanol–water partition coefficient (Wildman–Crippen LogP) is 10.9. The molecule has 3 N–H and O–H groups in total. The highest BCUT2D eigenvalue weighted by molar-refractivity contribution is 7.71. The molecule has 0 amide bonds. The van der Waals surface area contributed by atoms with Gasteiger partial charge in [0.15, 0.2) is 10.8 Å². The molecule has 0 radical (unpaired) electrons. The van der Waals surface area contributed by atoms with Crippen LogP contribution in [0.2, 0.25) is 0 Å². The zero-order valence-corrected chi connectivity index (χ0v) is 29.5. The number of aromatic amines is 1. The Morgan fingerprint density at radius 2 is 1.60 bits per heavy atom. The second-order valence-corrected chi connectivity index (χ2v) is 13.3. The number of fused-ring (bicyclic) bond motifs is 1. The zero-order chi connectivity index (χ0) is 34.6. The number of carboxylic acid groups (broad SMARTS) is 1. The predicted molar refractivity (Wildman–Crippen MR) is 191 cm³/mol. The number of nitrogens with one attached hydrogen (secondary N) is 2. The second kappa shape index (κ2) is 21.6. The van der Waals surface area contributed by atoms with Gasteiger partial charge < -0.3 is 15.5 Å². The molecule has 13 heteroatoms. The molecule has 0 saturated carbocycles. The normalized spacial score (nSPS) is 11.4. The van der Waals surface area contributed by atoms with Crippen LogP contribution in [0.1, 0.15) is 126 Å². The molecule has 0 aliphatic carbocycles. The van der Waals surface area contributed by atoms with Gasteiger partial charge in [-0.25, -0.2) is 14.8 Å². The summed E-state index contributed by atoms with van der Waals surface area (Å²) in [5.41, 5.74) is 7.04. The maximum absolute atomic E-state index is 12.2. The molecule has 0 saturated heterocycles. The highest BCUT2D eigenvalue weighted by Crippen LogP contribution is 2.24. The number of hydrogen-bond donors (Lipinski definition) is 3. The van der Waals surface area contributed by atoms with E-state index < -0.39 is 18.6 Å². The van der Waals surface area contributed by atoms with E-state index in [2.05, 4.69) is 49.2 Å². The third-order valence-corrected chi connectivity index (χ3v) is 9.12. The van der Waals surface area contributed by atoms with E-state index in [-0.39, 0.29) is 16.6 Å². The van der Waals surface area contributed by atoms with Gasteiger partial charge in [-0.15, -0.1) is 11.3 Å². The molecule has 0 atom stereocenters. The van der Waals surface area contributed by atoms with Crippen LogP contribution in [0.25, 0.3) is 21.9 Å². The van der Waals surface area contributed by atoms with Crippen LogP contribution >= 0.6 is 23.6 Å². The maximum atomic E-state index is 12.2. The van der Waals surface area contributed by atoms with Crippen LogP contribution in [-0.4, -0.2) is 48.4 Å². The molecular weight excluding hydrogens is 658 g/mol. The van der Waals surface area contributed by atoms with Gasteiger partial charge in [0.25, 0.3) is 0 Å². The maximum Gasteiger partial charge on any atom is 0.389 e. The fourth-order valence-electron chi connectivity index (χ4n) is 5.42. The van der Waals surface area contributed by atoms with Crippen molar-refractivity contribution in [3.05, 3.63) is 58.1 Å². The summed E-state index contributed by atoms with van der Waals surface area (Å²) in [6, 6.07) is 4.10. The number of unbranched alkanes of at least 4 members (excludes halogenated alkanes) is 13. The number of halogens is 3. The Morgan fingerprint density at radius 1 is 0.938 bits per heavy atom. The average molecular weight is 707 g/mol. The van der Waals surface area contributed by atoms with Crippen molar-refractivity contribution >= 4 is 40.6 Å². The Balaban J connectivity index is 0.000000344. The van der Waals surface area contributed by atoms with Crippen molar-refractivity contribution in [3.63, 3.8) is 0 Å². The van der Waals surface area contributed by atoms with E-state index >= 15 is 0 Å². The number of aromatic carboxylic acids is 1. The summed E-state index contributed by atoms with van der Waals surface area (Å²) in [4.78, 5) is 26.0. The van der Waals surface area contributed by atoms with Gasteiger partial charge in [-0.05, 0) is 43.4 Å². The number of aryl methyl sites for hydroxylation is 1. The number of pyridine rings is 1. The summed E-state index contributed by atoms with van der Waals surface area (Å²) in [5.74, 6) is -0.602. The topological polar surface area (TPSA) is 109 Å². The first kappa shape index (κ1) is 39.1. The highest BCUT2D eigenvalue weighted by Gasteiger charge is 2.25. The van der Waals surface area contributed by atoms with E-state index in [9.17, 15) is 18.0 Å². The van der Waals surface area contributed by atoms with Gasteiger partial charge in [-0.3, -0.25) is 9.66 Å². The van der Waals surface area contributed by atoms with Crippen LogP contribution in [0.5, 0.6) is 0 Å². The van der Waals surface area contributed by atoms with Crippen molar-refractivity contribution in [1.82, 2.24) is 24.6 Å². The number of alkyl halides is 3. The summed E-state index contributed by atoms with van der Waals surface area (Å²) < 4.78 is 38.8. The lowest BCUT2D eigenvalue weighted by atomic mass is 10.0. The molecule has 0 bridgehead atoms. The van der Waals surface area contributed by atoms with Crippen molar-refractivity contribution in [2.45, 2.75) is 122 Å². The molecule has 0 aliphatic rings. The lowest BCUT2D eigenvalue weighted by Gasteiger charge is -2.09. The molecule has 0 fully saturated rings. The molecular formula is C35H49F3N6O2S2.